The Kier molecular flexibility index (Phi) is 3.28. The third-order valence-corrected chi connectivity index (χ3v) is 2.52. The van der Waals surface area contributed by atoms with Crippen LogP contribution in [0.25, 0.3) is 0 Å². The van der Waals surface area contributed by atoms with E-state index in [1.807, 2.05) is 12.1 Å². The molecule has 2 rings (SSSR count). The molecule has 0 spiro atoms. The van der Waals surface area contributed by atoms with Crippen LogP contribution in [0.1, 0.15) is 24.3 Å². The SMILES string of the molecule is Cl.NC1CC(c2ccc(F)cc2)C1. The molecule has 0 heterocycles. The molecule has 0 aromatic heterocycles. The van der Waals surface area contributed by atoms with Crippen molar-refractivity contribution in [2.24, 2.45) is 5.73 Å². The van der Waals surface area contributed by atoms with E-state index in [4.69, 9.17) is 5.73 Å². The summed E-state index contributed by atoms with van der Waals surface area (Å²) in [6.07, 6.45) is 2.09. The van der Waals surface area contributed by atoms with Crippen LogP contribution in [0.2, 0.25) is 0 Å². The van der Waals surface area contributed by atoms with Gasteiger partial charge < -0.3 is 5.73 Å². The molecule has 0 unspecified atom stereocenters. The molecule has 0 saturated heterocycles. The maximum absolute atomic E-state index is 12.5. The number of halogens is 2. The number of rotatable bonds is 1. The Morgan fingerprint density at radius 3 is 2.15 bits per heavy atom. The molecule has 0 radical (unpaired) electrons. The predicted octanol–water partition coefficient (Wildman–Crippen LogP) is 2.45. The van der Waals surface area contributed by atoms with Gasteiger partial charge in [0, 0.05) is 6.04 Å². The van der Waals surface area contributed by atoms with Crippen LogP contribution >= 0.6 is 12.4 Å². The summed E-state index contributed by atoms with van der Waals surface area (Å²) >= 11 is 0. The van der Waals surface area contributed by atoms with Crippen LogP contribution in [-0.4, -0.2) is 6.04 Å². The van der Waals surface area contributed by atoms with Gasteiger partial charge in [-0.2, -0.15) is 0 Å². The van der Waals surface area contributed by atoms with Gasteiger partial charge in [0.05, 0.1) is 0 Å². The zero-order valence-corrected chi connectivity index (χ0v) is 8.06. The Morgan fingerprint density at radius 2 is 1.69 bits per heavy atom. The highest BCUT2D eigenvalue weighted by molar-refractivity contribution is 5.85. The van der Waals surface area contributed by atoms with Crippen LogP contribution in [0, 0.1) is 5.82 Å². The second-order valence-corrected chi connectivity index (χ2v) is 3.48. The standard InChI is InChI=1S/C10H12FN.ClH/c11-9-3-1-7(2-4-9)8-5-10(12)6-8;/h1-4,8,10H,5-6,12H2;1H. The van der Waals surface area contributed by atoms with Crippen molar-refractivity contribution in [2.75, 3.05) is 0 Å². The highest BCUT2D eigenvalue weighted by atomic mass is 35.5. The summed E-state index contributed by atoms with van der Waals surface area (Å²) in [4.78, 5) is 0. The van der Waals surface area contributed by atoms with Crippen molar-refractivity contribution in [3.63, 3.8) is 0 Å². The maximum Gasteiger partial charge on any atom is 0.123 e. The minimum absolute atomic E-state index is 0. The van der Waals surface area contributed by atoms with E-state index in [0.29, 0.717) is 12.0 Å². The van der Waals surface area contributed by atoms with Gasteiger partial charge in [0.1, 0.15) is 5.82 Å². The Bertz CT molecular complexity index is 267. The number of hydrogen-bond acceptors (Lipinski definition) is 1. The van der Waals surface area contributed by atoms with E-state index in [1.165, 1.54) is 17.7 Å². The Labute approximate surface area is 83.5 Å². The number of benzene rings is 1. The molecule has 1 aromatic rings. The highest BCUT2D eigenvalue weighted by Crippen LogP contribution is 2.35. The smallest absolute Gasteiger partial charge is 0.123 e. The monoisotopic (exact) mass is 201 g/mol. The van der Waals surface area contributed by atoms with Crippen molar-refractivity contribution >= 4 is 12.4 Å². The Balaban J connectivity index is 0.000000845. The van der Waals surface area contributed by atoms with E-state index in [9.17, 15) is 4.39 Å². The van der Waals surface area contributed by atoms with E-state index >= 15 is 0 Å². The summed E-state index contributed by atoms with van der Waals surface area (Å²) in [6, 6.07) is 7.09. The number of hydrogen-bond donors (Lipinski definition) is 1. The van der Waals surface area contributed by atoms with Crippen molar-refractivity contribution in [2.45, 2.75) is 24.8 Å². The molecule has 0 bridgehead atoms. The van der Waals surface area contributed by atoms with Gasteiger partial charge in [-0.05, 0) is 36.5 Å². The first-order valence-electron chi connectivity index (χ1n) is 4.27. The summed E-state index contributed by atoms with van der Waals surface area (Å²) in [5.74, 6) is 0.406. The fraction of sp³-hybridized carbons (Fsp3) is 0.400. The molecular weight excluding hydrogens is 189 g/mol. The van der Waals surface area contributed by atoms with Crippen molar-refractivity contribution in [1.82, 2.24) is 0 Å². The predicted molar refractivity (Wildman–Crippen MR) is 53.6 cm³/mol. The minimum atomic E-state index is -0.164. The molecular formula is C10H13ClFN. The highest BCUT2D eigenvalue weighted by Gasteiger charge is 2.26. The van der Waals surface area contributed by atoms with Crippen LogP contribution in [-0.2, 0) is 0 Å². The Hall–Kier alpha value is -0.600. The van der Waals surface area contributed by atoms with Crippen LogP contribution in [0.15, 0.2) is 24.3 Å². The van der Waals surface area contributed by atoms with Gasteiger partial charge in [-0.25, -0.2) is 4.39 Å². The van der Waals surface area contributed by atoms with Crippen molar-refractivity contribution < 1.29 is 4.39 Å². The minimum Gasteiger partial charge on any atom is -0.328 e. The molecule has 1 saturated carbocycles. The Morgan fingerprint density at radius 1 is 1.15 bits per heavy atom. The lowest BCUT2D eigenvalue weighted by molar-refractivity contribution is 0.351. The summed E-state index contributed by atoms with van der Waals surface area (Å²) in [6.45, 7) is 0. The summed E-state index contributed by atoms with van der Waals surface area (Å²) in [5.41, 5.74) is 6.88. The van der Waals surface area contributed by atoms with Crippen LogP contribution < -0.4 is 5.73 Å². The van der Waals surface area contributed by atoms with Gasteiger partial charge >= 0.3 is 0 Å². The fourth-order valence-corrected chi connectivity index (χ4v) is 1.67. The van der Waals surface area contributed by atoms with E-state index in [2.05, 4.69) is 0 Å². The lowest BCUT2D eigenvalue weighted by Gasteiger charge is -2.32. The molecule has 1 nitrogen and oxygen atoms in total. The molecule has 1 aliphatic carbocycles. The molecule has 13 heavy (non-hydrogen) atoms. The molecule has 72 valence electrons. The molecule has 0 aliphatic heterocycles. The van der Waals surface area contributed by atoms with Crippen LogP contribution in [0.3, 0.4) is 0 Å². The molecule has 3 heteroatoms. The van der Waals surface area contributed by atoms with Gasteiger partial charge in [-0.3, -0.25) is 0 Å². The normalized spacial score (nSPS) is 26.0. The zero-order chi connectivity index (χ0) is 8.55. The fourth-order valence-electron chi connectivity index (χ4n) is 1.67. The summed E-state index contributed by atoms with van der Waals surface area (Å²) in [7, 11) is 0. The lowest BCUT2D eigenvalue weighted by Crippen LogP contribution is -2.34. The average Bonchev–Trinajstić information content (AvgIpc) is 2.01. The van der Waals surface area contributed by atoms with E-state index in [0.717, 1.165) is 12.8 Å². The third-order valence-electron chi connectivity index (χ3n) is 2.52. The van der Waals surface area contributed by atoms with E-state index in [-0.39, 0.29) is 18.2 Å². The summed E-state index contributed by atoms with van der Waals surface area (Å²) < 4.78 is 12.5. The first kappa shape index (κ1) is 10.5. The number of nitrogens with two attached hydrogens (primary N) is 1. The third kappa shape index (κ3) is 2.20. The van der Waals surface area contributed by atoms with Gasteiger partial charge in [-0.15, -0.1) is 12.4 Å². The average molecular weight is 202 g/mol. The second-order valence-electron chi connectivity index (χ2n) is 3.48. The quantitative estimate of drug-likeness (QED) is 0.742. The molecule has 0 atom stereocenters. The van der Waals surface area contributed by atoms with Crippen molar-refractivity contribution in [3.8, 4) is 0 Å². The van der Waals surface area contributed by atoms with Gasteiger partial charge in [0.25, 0.3) is 0 Å². The van der Waals surface area contributed by atoms with Crippen molar-refractivity contribution in [3.05, 3.63) is 35.6 Å². The molecule has 1 aromatic carbocycles. The topological polar surface area (TPSA) is 26.0 Å². The maximum atomic E-state index is 12.5. The van der Waals surface area contributed by atoms with Gasteiger partial charge in [0.15, 0.2) is 0 Å². The second kappa shape index (κ2) is 4.07. The van der Waals surface area contributed by atoms with Crippen molar-refractivity contribution in [1.29, 1.82) is 0 Å². The van der Waals surface area contributed by atoms with Gasteiger partial charge in [0.2, 0.25) is 0 Å². The van der Waals surface area contributed by atoms with E-state index < -0.39 is 0 Å². The summed E-state index contributed by atoms with van der Waals surface area (Å²) in [5, 5.41) is 0. The van der Waals surface area contributed by atoms with E-state index in [1.54, 1.807) is 0 Å². The molecule has 2 N–H and O–H groups in total. The lowest BCUT2D eigenvalue weighted by atomic mass is 9.76. The zero-order valence-electron chi connectivity index (χ0n) is 7.24. The molecule has 1 aliphatic rings. The molecule has 1 fully saturated rings. The first-order valence-corrected chi connectivity index (χ1v) is 4.27. The first-order chi connectivity index (χ1) is 5.75. The molecule has 0 amide bonds. The van der Waals surface area contributed by atoms with Gasteiger partial charge in [-0.1, -0.05) is 12.1 Å². The van der Waals surface area contributed by atoms with Crippen LogP contribution in [0.4, 0.5) is 4.39 Å². The van der Waals surface area contributed by atoms with Crippen LogP contribution in [0.5, 0.6) is 0 Å². The largest absolute Gasteiger partial charge is 0.328 e.